The largest absolute Gasteiger partial charge is 0.461 e. The number of esters is 1. The van der Waals surface area contributed by atoms with E-state index in [1.165, 1.54) is 10.9 Å². The minimum Gasteiger partial charge on any atom is -0.461 e. The van der Waals surface area contributed by atoms with E-state index >= 15 is 0 Å². The van der Waals surface area contributed by atoms with Crippen LogP contribution in [0, 0.1) is 5.92 Å². The Bertz CT molecular complexity index is 377. The fraction of sp³-hybridized carbons (Fsp3) is 0.636. The highest BCUT2D eigenvalue weighted by atomic mass is 16.5. The summed E-state index contributed by atoms with van der Waals surface area (Å²) in [6, 6.07) is 0. The molecule has 1 aliphatic rings. The van der Waals surface area contributed by atoms with Crippen molar-refractivity contribution in [2.24, 2.45) is 13.0 Å². The van der Waals surface area contributed by atoms with E-state index in [0.717, 1.165) is 26.1 Å². The average molecular weight is 239 g/mol. The topological polar surface area (TPSA) is 79.4 Å². The van der Waals surface area contributed by atoms with E-state index < -0.39 is 5.97 Å². The van der Waals surface area contributed by atoms with Crippen LogP contribution in [0.4, 0.5) is 5.69 Å². The molecule has 0 spiro atoms. The van der Waals surface area contributed by atoms with Crippen LogP contribution in [0.2, 0.25) is 0 Å². The van der Waals surface area contributed by atoms with Crippen molar-refractivity contribution in [3.8, 4) is 0 Å². The molecule has 94 valence electrons. The summed E-state index contributed by atoms with van der Waals surface area (Å²) in [7, 11) is 1.67. The van der Waals surface area contributed by atoms with Crippen molar-refractivity contribution < 1.29 is 14.3 Å². The van der Waals surface area contributed by atoms with Gasteiger partial charge in [0.15, 0.2) is 5.69 Å². The third kappa shape index (κ3) is 2.76. The lowest BCUT2D eigenvalue weighted by atomic mass is 10.0. The Morgan fingerprint density at radius 3 is 2.94 bits per heavy atom. The second-order valence-corrected chi connectivity index (χ2v) is 4.23. The van der Waals surface area contributed by atoms with Crippen LogP contribution in [-0.4, -0.2) is 35.6 Å². The number of aromatic nitrogens is 2. The van der Waals surface area contributed by atoms with Crippen LogP contribution >= 0.6 is 0 Å². The number of hydrogen-bond acceptors (Lipinski definition) is 5. The molecule has 0 unspecified atom stereocenters. The van der Waals surface area contributed by atoms with Gasteiger partial charge in [0.25, 0.3) is 0 Å². The van der Waals surface area contributed by atoms with Gasteiger partial charge in [0, 0.05) is 20.3 Å². The maximum Gasteiger partial charge on any atom is 0.358 e. The lowest BCUT2D eigenvalue weighted by Crippen LogP contribution is -2.23. The standard InChI is InChI=1S/C11H17N3O3/c1-14-10(9(12)6-13-14)11(15)17-7-8-2-4-16-5-3-8/h6,8H,2-5,7,12H2,1H3. The first-order chi connectivity index (χ1) is 8.18. The van der Waals surface area contributed by atoms with Gasteiger partial charge in [-0.15, -0.1) is 0 Å². The number of rotatable bonds is 3. The normalized spacial score (nSPS) is 17.0. The number of nitrogens with two attached hydrogens (primary N) is 1. The Hall–Kier alpha value is -1.56. The van der Waals surface area contributed by atoms with Crippen LogP contribution in [-0.2, 0) is 16.5 Å². The molecule has 1 saturated heterocycles. The van der Waals surface area contributed by atoms with E-state index in [9.17, 15) is 4.79 Å². The third-order valence-corrected chi connectivity index (χ3v) is 2.95. The second-order valence-electron chi connectivity index (χ2n) is 4.23. The Kier molecular flexibility index (Phi) is 3.63. The predicted molar refractivity (Wildman–Crippen MR) is 61.4 cm³/mol. The van der Waals surface area contributed by atoms with Gasteiger partial charge in [-0.25, -0.2) is 4.79 Å². The molecular weight excluding hydrogens is 222 g/mol. The summed E-state index contributed by atoms with van der Waals surface area (Å²) >= 11 is 0. The number of carbonyl (C=O) groups excluding carboxylic acids is 1. The summed E-state index contributed by atoms with van der Waals surface area (Å²) in [6.45, 7) is 1.92. The molecule has 6 nitrogen and oxygen atoms in total. The lowest BCUT2D eigenvalue weighted by Gasteiger charge is -2.21. The van der Waals surface area contributed by atoms with Crippen LogP contribution in [0.5, 0.6) is 0 Å². The fourth-order valence-electron chi connectivity index (χ4n) is 1.88. The van der Waals surface area contributed by atoms with Gasteiger partial charge in [0.2, 0.25) is 0 Å². The number of anilines is 1. The number of aryl methyl sites for hydroxylation is 1. The van der Waals surface area contributed by atoms with E-state index in [1.54, 1.807) is 7.05 Å². The predicted octanol–water partition coefficient (Wildman–Crippen LogP) is 0.586. The zero-order valence-corrected chi connectivity index (χ0v) is 9.89. The van der Waals surface area contributed by atoms with Gasteiger partial charge in [0.1, 0.15) is 0 Å². The first kappa shape index (κ1) is 11.9. The number of nitrogens with zero attached hydrogens (tertiary/aromatic N) is 2. The first-order valence-corrected chi connectivity index (χ1v) is 5.71. The summed E-state index contributed by atoms with van der Waals surface area (Å²) in [5.74, 6) is -0.0175. The van der Waals surface area contributed by atoms with E-state index in [4.69, 9.17) is 15.2 Å². The second kappa shape index (κ2) is 5.18. The van der Waals surface area contributed by atoms with Crippen molar-refractivity contribution in [1.82, 2.24) is 9.78 Å². The summed E-state index contributed by atoms with van der Waals surface area (Å²) in [6.07, 6.45) is 3.33. The summed E-state index contributed by atoms with van der Waals surface area (Å²) in [5.41, 5.74) is 6.31. The summed E-state index contributed by atoms with van der Waals surface area (Å²) in [5, 5.41) is 3.90. The van der Waals surface area contributed by atoms with Crippen molar-refractivity contribution in [3.63, 3.8) is 0 Å². The lowest BCUT2D eigenvalue weighted by molar-refractivity contribution is 0.0179. The Labute approximate surface area is 99.7 Å². The Balaban J connectivity index is 1.89. The Morgan fingerprint density at radius 1 is 1.65 bits per heavy atom. The van der Waals surface area contributed by atoms with Crippen LogP contribution in [0.1, 0.15) is 23.3 Å². The van der Waals surface area contributed by atoms with Crippen molar-refractivity contribution >= 4 is 11.7 Å². The molecule has 1 aliphatic heterocycles. The minimum absolute atomic E-state index is 0.317. The number of nitrogen functional groups attached to an aromatic ring is 1. The summed E-state index contributed by atoms with van der Waals surface area (Å²) in [4.78, 5) is 11.8. The van der Waals surface area contributed by atoms with Gasteiger partial charge in [0.05, 0.1) is 18.5 Å². The van der Waals surface area contributed by atoms with Crippen LogP contribution < -0.4 is 5.73 Å². The third-order valence-electron chi connectivity index (χ3n) is 2.95. The maximum absolute atomic E-state index is 11.8. The van der Waals surface area contributed by atoms with Crippen LogP contribution in [0.25, 0.3) is 0 Å². The molecular formula is C11H17N3O3. The Morgan fingerprint density at radius 2 is 2.35 bits per heavy atom. The van der Waals surface area contributed by atoms with E-state index in [1.807, 2.05) is 0 Å². The highest BCUT2D eigenvalue weighted by Gasteiger charge is 2.20. The van der Waals surface area contributed by atoms with Crippen molar-refractivity contribution in [2.45, 2.75) is 12.8 Å². The van der Waals surface area contributed by atoms with E-state index in [0.29, 0.717) is 23.9 Å². The summed E-state index contributed by atoms with van der Waals surface area (Å²) < 4.78 is 11.9. The molecule has 0 atom stereocenters. The molecule has 1 aromatic rings. The number of carbonyl (C=O) groups is 1. The van der Waals surface area contributed by atoms with Crippen molar-refractivity contribution in [1.29, 1.82) is 0 Å². The fourth-order valence-corrected chi connectivity index (χ4v) is 1.88. The van der Waals surface area contributed by atoms with Gasteiger partial charge >= 0.3 is 5.97 Å². The molecule has 0 amide bonds. The molecule has 2 rings (SSSR count). The van der Waals surface area contributed by atoms with Crippen LogP contribution in [0.15, 0.2) is 6.20 Å². The maximum atomic E-state index is 11.8. The van der Waals surface area contributed by atoms with Gasteiger partial charge < -0.3 is 15.2 Å². The molecule has 0 aromatic carbocycles. The molecule has 0 aliphatic carbocycles. The smallest absolute Gasteiger partial charge is 0.358 e. The van der Waals surface area contributed by atoms with E-state index in [-0.39, 0.29) is 0 Å². The highest BCUT2D eigenvalue weighted by Crippen LogP contribution is 2.17. The molecule has 0 radical (unpaired) electrons. The SMILES string of the molecule is Cn1ncc(N)c1C(=O)OCC1CCOCC1. The molecule has 6 heteroatoms. The molecule has 17 heavy (non-hydrogen) atoms. The zero-order chi connectivity index (χ0) is 12.3. The molecule has 0 bridgehead atoms. The van der Waals surface area contributed by atoms with Crippen LogP contribution in [0.3, 0.4) is 0 Å². The first-order valence-electron chi connectivity index (χ1n) is 5.71. The highest BCUT2D eigenvalue weighted by molar-refractivity contribution is 5.92. The molecule has 2 heterocycles. The minimum atomic E-state index is -0.408. The van der Waals surface area contributed by atoms with Crippen molar-refractivity contribution in [2.75, 3.05) is 25.6 Å². The van der Waals surface area contributed by atoms with Gasteiger partial charge in [-0.2, -0.15) is 5.10 Å². The molecule has 1 fully saturated rings. The zero-order valence-electron chi connectivity index (χ0n) is 9.89. The molecule has 0 saturated carbocycles. The quantitative estimate of drug-likeness (QED) is 0.781. The van der Waals surface area contributed by atoms with E-state index in [2.05, 4.69) is 5.10 Å². The number of ether oxygens (including phenoxy) is 2. The van der Waals surface area contributed by atoms with Gasteiger partial charge in [-0.3, -0.25) is 4.68 Å². The van der Waals surface area contributed by atoms with Crippen molar-refractivity contribution in [3.05, 3.63) is 11.9 Å². The monoisotopic (exact) mass is 239 g/mol. The average Bonchev–Trinajstić information content (AvgIpc) is 2.67. The number of hydrogen-bond donors (Lipinski definition) is 1. The molecule has 2 N–H and O–H groups in total. The van der Waals surface area contributed by atoms with Gasteiger partial charge in [-0.05, 0) is 18.8 Å². The molecule has 1 aromatic heterocycles. The van der Waals surface area contributed by atoms with Gasteiger partial charge in [-0.1, -0.05) is 0 Å².